The molecule has 0 aliphatic carbocycles. The average Bonchev–Trinajstić information content (AvgIpc) is 2.20. The lowest BCUT2D eigenvalue weighted by Gasteiger charge is -2.08. The van der Waals surface area contributed by atoms with Crippen LogP contribution in [0, 0.1) is 5.82 Å². The molecule has 4 heteroatoms. The molecule has 1 aromatic carbocycles. The number of hydrogen-bond acceptors (Lipinski definition) is 3. The van der Waals surface area contributed by atoms with Crippen LogP contribution < -0.4 is 5.32 Å². The Hall–Kier alpha value is -1.42. The smallest absolute Gasteiger partial charge is 0.320 e. The number of esters is 1. The van der Waals surface area contributed by atoms with Crippen LogP contribution in [0.1, 0.15) is 19.4 Å². The molecule has 0 heterocycles. The summed E-state index contributed by atoms with van der Waals surface area (Å²) in [5.74, 6) is -0.542. The minimum atomic E-state index is -0.280. The van der Waals surface area contributed by atoms with Crippen molar-refractivity contribution in [3.8, 4) is 0 Å². The number of halogens is 1. The number of nitrogens with one attached hydrogen (secondary N) is 1. The predicted octanol–water partition coefficient (Wildman–Crippen LogP) is 1.87. The zero-order valence-electron chi connectivity index (χ0n) is 9.50. The molecule has 0 radical (unpaired) electrons. The van der Waals surface area contributed by atoms with Gasteiger partial charge in [0.15, 0.2) is 0 Å². The van der Waals surface area contributed by atoms with Crippen LogP contribution in [0.15, 0.2) is 24.3 Å². The Morgan fingerprint density at radius 2 is 2.00 bits per heavy atom. The van der Waals surface area contributed by atoms with E-state index in [-0.39, 0.29) is 24.4 Å². The lowest BCUT2D eigenvalue weighted by Crippen LogP contribution is -2.26. The van der Waals surface area contributed by atoms with Crippen LogP contribution in [0.2, 0.25) is 0 Å². The highest BCUT2D eigenvalue weighted by Gasteiger charge is 2.04. The maximum Gasteiger partial charge on any atom is 0.320 e. The fraction of sp³-hybridized carbons (Fsp3) is 0.417. The van der Waals surface area contributed by atoms with Crippen LogP contribution in [-0.4, -0.2) is 18.6 Å². The lowest BCUT2D eigenvalue weighted by molar-refractivity contribution is -0.146. The molecule has 0 saturated carbocycles. The summed E-state index contributed by atoms with van der Waals surface area (Å²) >= 11 is 0. The van der Waals surface area contributed by atoms with Crippen LogP contribution in [0.4, 0.5) is 4.39 Å². The summed E-state index contributed by atoms with van der Waals surface area (Å²) in [6.07, 6.45) is -0.0971. The first kappa shape index (κ1) is 12.6. The lowest BCUT2D eigenvalue weighted by atomic mass is 10.2. The molecule has 0 bridgehead atoms. The van der Waals surface area contributed by atoms with Crippen LogP contribution in [0.25, 0.3) is 0 Å². The van der Waals surface area contributed by atoms with Gasteiger partial charge in [-0.3, -0.25) is 4.79 Å². The van der Waals surface area contributed by atoms with Gasteiger partial charge in [-0.2, -0.15) is 0 Å². The molecule has 0 aliphatic rings. The molecular formula is C12H16FNO2. The van der Waals surface area contributed by atoms with Crippen molar-refractivity contribution in [2.75, 3.05) is 6.54 Å². The van der Waals surface area contributed by atoms with Gasteiger partial charge < -0.3 is 10.1 Å². The predicted molar refractivity (Wildman–Crippen MR) is 59.3 cm³/mol. The molecular weight excluding hydrogens is 209 g/mol. The number of ether oxygens (including phenoxy) is 1. The van der Waals surface area contributed by atoms with Crippen molar-refractivity contribution in [2.45, 2.75) is 26.5 Å². The van der Waals surface area contributed by atoms with Crippen LogP contribution in [0.5, 0.6) is 0 Å². The van der Waals surface area contributed by atoms with Crippen molar-refractivity contribution in [1.29, 1.82) is 0 Å². The third kappa shape index (κ3) is 4.89. The Morgan fingerprint density at radius 3 is 2.56 bits per heavy atom. The third-order valence-electron chi connectivity index (χ3n) is 1.88. The Bertz CT molecular complexity index is 335. The highest BCUT2D eigenvalue weighted by Crippen LogP contribution is 2.01. The average molecular weight is 225 g/mol. The number of benzene rings is 1. The maximum absolute atomic E-state index is 12.6. The molecule has 1 N–H and O–H groups in total. The molecule has 0 aliphatic heterocycles. The zero-order valence-corrected chi connectivity index (χ0v) is 9.50. The first-order chi connectivity index (χ1) is 7.58. The van der Waals surface area contributed by atoms with Gasteiger partial charge in [0.2, 0.25) is 0 Å². The van der Waals surface area contributed by atoms with E-state index < -0.39 is 0 Å². The monoisotopic (exact) mass is 225 g/mol. The van der Waals surface area contributed by atoms with E-state index in [0.717, 1.165) is 5.56 Å². The molecule has 1 aromatic rings. The molecule has 3 nitrogen and oxygen atoms in total. The molecule has 16 heavy (non-hydrogen) atoms. The van der Waals surface area contributed by atoms with Gasteiger partial charge in [0, 0.05) is 6.54 Å². The van der Waals surface area contributed by atoms with Crippen LogP contribution in [-0.2, 0) is 16.1 Å². The highest BCUT2D eigenvalue weighted by atomic mass is 19.1. The molecule has 0 unspecified atom stereocenters. The van der Waals surface area contributed by atoms with Crippen molar-refractivity contribution >= 4 is 5.97 Å². The Morgan fingerprint density at radius 1 is 1.38 bits per heavy atom. The van der Waals surface area contributed by atoms with Gasteiger partial charge >= 0.3 is 5.97 Å². The Balaban J connectivity index is 2.25. The van der Waals surface area contributed by atoms with Gasteiger partial charge in [0.25, 0.3) is 0 Å². The number of hydrogen-bond donors (Lipinski definition) is 1. The van der Waals surface area contributed by atoms with E-state index in [4.69, 9.17) is 4.74 Å². The molecule has 88 valence electrons. The topological polar surface area (TPSA) is 38.3 Å². The summed E-state index contributed by atoms with van der Waals surface area (Å²) in [4.78, 5) is 11.2. The SMILES string of the molecule is CC(C)OC(=O)CNCc1ccc(F)cc1. The number of carbonyl (C=O) groups is 1. The molecule has 0 atom stereocenters. The fourth-order valence-electron chi connectivity index (χ4n) is 1.22. The third-order valence-corrected chi connectivity index (χ3v) is 1.88. The first-order valence-corrected chi connectivity index (χ1v) is 5.22. The Labute approximate surface area is 94.6 Å². The summed E-state index contributed by atoms with van der Waals surface area (Å²) in [6.45, 7) is 4.29. The fourth-order valence-corrected chi connectivity index (χ4v) is 1.22. The summed E-state index contributed by atoms with van der Waals surface area (Å²) in [5, 5.41) is 2.93. The second-order valence-corrected chi connectivity index (χ2v) is 3.77. The standard InChI is InChI=1S/C12H16FNO2/c1-9(2)16-12(15)8-14-7-10-3-5-11(13)6-4-10/h3-6,9,14H,7-8H2,1-2H3. The van der Waals surface area contributed by atoms with E-state index in [0.29, 0.717) is 6.54 Å². The summed E-state index contributed by atoms with van der Waals surface area (Å²) in [7, 11) is 0. The Kier molecular flexibility index (Phi) is 4.92. The van der Waals surface area contributed by atoms with Gasteiger partial charge in [0.1, 0.15) is 5.82 Å². The largest absolute Gasteiger partial charge is 0.462 e. The minimum Gasteiger partial charge on any atom is -0.462 e. The van der Waals surface area contributed by atoms with Crippen molar-refractivity contribution in [1.82, 2.24) is 5.32 Å². The minimum absolute atomic E-state index is 0.0971. The van der Waals surface area contributed by atoms with Crippen LogP contribution in [0.3, 0.4) is 0 Å². The van der Waals surface area contributed by atoms with Gasteiger partial charge in [0.05, 0.1) is 12.6 Å². The van der Waals surface area contributed by atoms with E-state index in [9.17, 15) is 9.18 Å². The molecule has 0 spiro atoms. The normalized spacial score (nSPS) is 10.5. The van der Waals surface area contributed by atoms with Crippen molar-refractivity contribution in [3.63, 3.8) is 0 Å². The van der Waals surface area contributed by atoms with Crippen molar-refractivity contribution in [3.05, 3.63) is 35.6 Å². The molecule has 1 rings (SSSR count). The van der Waals surface area contributed by atoms with Gasteiger partial charge in [-0.25, -0.2) is 4.39 Å². The highest BCUT2D eigenvalue weighted by molar-refractivity contribution is 5.71. The van der Waals surface area contributed by atoms with E-state index in [1.165, 1.54) is 12.1 Å². The van der Waals surface area contributed by atoms with Crippen molar-refractivity contribution < 1.29 is 13.9 Å². The molecule has 0 amide bonds. The maximum atomic E-state index is 12.6. The van der Waals surface area contributed by atoms with Gasteiger partial charge in [-0.05, 0) is 31.5 Å². The summed E-state index contributed by atoms with van der Waals surface area (Å²) < 4.78 is 17.5. The molecule has 0 fully saturated rings. The van der Waals surface area contributed by atoms with Crippen LogP contribution >= 0.6 is 0 Å². The summed E-state index contributed by atoms with van der Waals surface area (Å²) in [6, 6.07) is 6.14. The zero-order chi connectivity index (χ0) is 12.0. The number of carbonyl (C=O) groups excluding carboxylic acids is 1. The number of rotatable bonds is 5. The molecule has 0 saturated heterocycles. The van der Waals surface area contributed by atoms with E-state index in [2.05, 4.69) is 5.32 Å². The van der Waals surface area contributed by atoms with E-state index in [1.807, 2.05) is 0 Å². The molecule has 0 aromatic heterocycles. The second-order valence-electron chi connectivity index (χ2n) is 3.77. The second kappa shape index (κ2) is 6.23. The van der Waals surface area contributed by atoms with Crippen molar-refractivity contribution in [2.24, 2.45) is 0 Å². The first-order valence-electron chi connectivity index (χ1n) is 5.22. The quantitative estimate of drug-likeness (QED) is 0.777. The van der Waals surface area contributed by atoms with E-state index in [1.54, 1.807) is 26.0 Å². The van der Waals surface area contributed by atoms with E-state index >= 15 is 0 Å². The van der Waals surface area contributed by atoms with Gasteiger partial charge in [-0.15, -0.1) is 0 Å². The van der Waals surface area contributed by atoms with Gasteiger partial charge in [-0.1, -0.05) is 12.1 Å². The summed E-state index contributed by atoms with van der Waals surface area (Å²) in [5.41, 5.74) is 0.929.